The van der Waals surface area contributed by atoms with E-state index in [9.17, 15) is 5.11 Å². The quantitative estimate of drug-likeness (QED) is 0.838. The number of aliphatic hydroxyl groups excluding tert-OH is 1. The Hall–Kier alpha value is -0.770. The first-order valence-electron chi connectivity index (χ1n) is 4.79. The van der Waals surface area contributed by atoms with Crippen LogP contribution in [-0.2, 0) is 11.3 Å². The summed E-state index contributed by atoms with van der Waals surface area (Å²) in [5.41, 5.74) is 1.71. The van der Waals surface area contributed by atoms with Gasteiger partial charge in [-0.3, -0.25) is 0 Å². The van der Waals surface area contributed by atoms with Crippen LogP contribution in [0.5, 0.6) is 0 Å². The molecule has 0 aliphatic carbocycles. The van der Waals surface area contributed by atoms with Crippen molar-refractivity contribution in [3.63, 3.8) is 0 Å². The van der Waals surface area contributed by atoms with Crippen LogP contribution in [0, 0.1) is 0 Å². The summed E-state index contributed by atoms with van der Waals surface area (Å²) in [6, 6.07) is 5.59. The van der Waals surface area contributed by atoms with Gasteiger partial charge in [0.1, 0.15) is 0 Å². The summed E-state index contributed by atoms with van der Waals surface area (Å²) in [5, 5.41) is 9.83. The molecule has 0 aromatic heterocycles. The Bertz CT molecular complexity index is 317. The SMILES string of the molecule is COCCN(C)c1cccc(Cl)c1CO. The van der Waals surface area contributed by atoms with Crippen molar-refractivity contribution < 1.29 is 9.84 Å². The van der Waals surface area contributed by atoms with E-state index in [2.05, 4.69) is 0 Å². The fourth-order valence-corrected chi connectivity index (χ4v) is 1.64. The molecule has 0 bridgehead atoms. The monoisotopic (exact) mass is 229 g/mol. The van der Waals surface area contributed by atoms with E-state index < -0.39 is 0 Å². The summed E-state index contributed by atoms with van der Waals surface area (Å²) in [7, 11) is 3.61. The van der Waals surface area contributed by atoms with Gasteiger partial charge in [0.15, 0.2) is 0 Å². The number of rotatable bonds is 5. The second-order valence-electron chi connectivity index (χ2n) is 3.31. The Balaban J connectivity index is 2.87. The van der Waals surface area contributed by atoms with E-state index in [1.807, 2.05) is 24.1 Å². The van der Waals surface area contributed by atoms with Gasteiger partial charge in [0.05, 0.1) is 13.2 Å². The van der Waals surface area contributed by atoms with Crippen LogP contribution in [0.3, 0.4) is 0 Å². The first-order valence-corrected chi connectivity index (χ1v) is 5.16. The molecule has 0 aliphatic heterocycles. The fraction of sp³-hybridized carbons (Fsp3) is 0.455. The molecule has 84 valence electrons. The van der Waals surface area contributed by atoms with Gasteiger partial charge >= 0.3 is 0 Å². The summed E-state index contributed by atoms with van der Waals surface area (Å²) >= 11 is 5.99. The number of likely N-dealkylation sites (N-methyl/N-ethyl adjacent to an activating group) is 1. The smallest absolute Gasteiger partial charge is 0.0716 e. The van der Waals surface area contributed by atoms with Crippen LogP contribution in [0.1, 0.15) is 5.56 Å². The summed E-state index contributed by atoms with van der Waals surface area (Å²) in [6.45, 7) is 1.37. The standard InChI is InChI=1S/C11H16ClNO2/c1-13(6-7-15-2)11-5-3-4-10(12)9(11)8-14/h3-5,14H,6-8H2,1-2H3. The maximum absolute atomic E-state index is 9.23. The van der Waals surface area contributed by atoms with Crippen molar-refractivity contribution in [1.82, 2.24) is 0 Å². The third kappa shape index (κ3) is 3.09. The third-order valence-electron chi connectivity index (χ3n) is 2.29. The maximum atomic E-state index is 9.23. The number of benzene rings is 1. The number of hydrogen-bond acceptors (Lipinski definition) is 3. The molecule has 0 saturated carbocycles. The normalized spacial score (nSPS) is 10.4. The lowest BCUT2D eigenvalue weighted by Gasteiger charge is -2.22. The maximum Gasteiger partial charge on any atom is 0.0716 e. The average molecular weight is 230 g/mol. The van der Waals surface area contributed by atoms with Crippen LogP contribution >= 0.6 is 11.6 Å². The van der Waals surface area contributed by atoms with Crippen LogP contribution in [-0.4, -0.2) is 32.4 Å². The van der Waals surface area contributed by atoms with E-state index in [-0.39, 0.29) is 6.61 Å². The predicted octanol–water partition coefficient (Wildman–Crippen LogP) is 1.91. The van der Waals surface area contributed by atoms with E-state index in [1.165, 1.54) is 0 Å². The van der Waals surface area contributed by atoms with Crippen molar-refractivity contribution in [1.29, 1.82) is 0 Å². The Morgan fingerprint density at radius 3 is 2.80 bits per heavy atom. The molecule has 0 unspecified atom stereocenters. The van der Waals surface area contributed by atoms with Crippen LogP contribution in [0.15, 0.2) is 18.2 Å². The second kappa shape index (κ2) is 5.95. The zero-order valence-corrected chi connectivity index (χ0v) is 9.79. The summed E-state index contributed by atoms with van der Waals surface area (Å²) in [6.07, 6.45) is 0. The largest absolute Gasteiger partial charge is 0.392 e. The highest BCUT2D eigenvalue weighted by atomic mass is 35.5. The van der Waals surface area contributed by atoms with Crippen molar-refractivity contribution in [2.75, 3.05) is 32.2 Å². The van der Waals surface area contributed by atoms with E-state index >= 15 is 0 Å². The topological polar surface area (TPSA) is 32.7 Å². The lowest BCUT2D eigenvalue weighted by atomic mass is 10.1. The van der Waals surface area contributed by atoms with Gasteiger partial charge < -0.3 is 14.7 Å². The van der Waals surface area contributed by atoms with E-state index in [1.54, 1.807) is 13.2 Å². The number of nitrogens with zero attached hydrogens (tertiary/aromatic N) is 1. The van der Waals surface area contributed by atoms with Gasteiger partial charge in [0.25, 0.3) is 0 Å². The Kier molecular flexibility index (Phi) is 4.88. The van der Waals surface area contributed by atoms with Crippen molar-refractivity contribution in [3.05, 3.63) is 28.8 Å². The minimum absolute atomic E-state index is 0.0493. The van der Waals surface area contributed by atoms with Gasteiger partial charge in [-0.2, -0.15) is 0 Å². The van der Waals surface area contributed by atoms with Crippen molar-refractivity contribution in [2.24, 2.45) is 0 Å². The molecule has 1 rings (SSSR count). The van der Waals surface area contributed by atoms with Crippen LogP contribution in [0.4, 0.5) is 5.69 Å². The third-order valence-corrected chi connectivity index (χ3v) is 2.65. The van der Waals surface area contributed by atoms with E-state index in [4.69, 9.17) is 16.3 Å². The van der Waals surface area contributed by atoms with Crippen LogP contribution in [0.2, 0.25) is 5.02 Å². The summed E-state index contributed by atoms with van der Waals surface area (Å²) in [5.74, 6) is 0. The second-order valence-corrected chi connectivity index (χ2v) is 3.72. The molecule has 0 spiro atoms. The van der Waals surface area contributed by atoms with E-state index in [0.29, 0.717) is 11.6 Å². The summed E-state index contributed by atoms with van der Waals surface area (Å²) < 4.78 is 5.00. The molecular formula is C11H16ClNO2. The first kappa shape index (κ1) is 12.3. The molecule has 1 aromatic rings. The molecule has 15 heavy (non-hydrogen) atoms. The number of hydrogen-bond donors (Lipinski definition) is 1. The molecule has 0 aliphatic rings. The predicted molar refractivity (Wildman–Crippen MR) is 62.5 cm³/mol. The number of methoxy groups -OCH3 is 1. The average Bonchev–Trinajstić information content (AvgIpc) is 2.25. The van der Waals surface area contributed by atoms with Crippen molar-refractivity contribution >= 4 is 17.3 Å². The van der Waals surface area contributed by atoms with Crippen molar-refractivity contribution in [2.45, 2.75) is 6.61 Å². The number of halogens is 1. The van der Waals surface area contributed by atoms with Gasteiger partial charge in [-0.05, 0) is 12.1 Å². The highest BCUT2D eigenvalue weighted by Crippen LogP contribution is 2.26. The molecular weight excluding hydrogens is 214 g/mol. The van der Waals surface area contributed by atoms with Gasteiger partial charge in [-0.25, -0.2) is 0 Å². The zero-order valence-electron chi connectivity index (χ0n) is 9.03. The molecule has 4 heteroatoms. The minimum atomic E-state index is -0.0493. The lowest BCUT2D eigenvalue weighted by molar-refractivity contribution is 0.206. The van der Waals surface area contributed by atoms with Gasteiger partial charge in [0, 0.05) is 37.0 Å². The molecule has 0 radical (unpaired) electrons. The van der Waals surface area contributed by atoms with Gasteiger partial charge in [0.2, 0.25) is 0 Å². The molecule has 3 nitrogen and oxygen atoms in total. The molecule has 1 aromatic carbocycles. The minimum Gasteiger partial charge on any atom is -0.392 e. The summed E-state index contributed by atoms with van der Waals surface area (Å²) in [4.78, 5) is 2.01. The molecule has 0 amide bonds. The van der Waals surface area contributed by atoms with Gasteiger partial charge in [-0.1, -0.05) is 17.7 Å². The highest BCUT2D eigenvalue weighted by Gasteiger charge is 2.09. The molecule has 0 heterocycles. The Labute approximate surface area is 95.2 Å². The molecule has 1 N–H and O–H groups in total. The fourth-order valence-electron chi connectivity index (χ4n) is 1.41. The Morgan fingerprint density at radius 2 is 2.20 bits per heavy atom. The molecule has 0 saturated heterocycles. The van der Waals surface area contributed by atoms with Crippen LogP contribution < -0.4 is 4.90 Å². The Morgan fingerprint density at radius 1 is 1.47 bits per heavy atom. The zero-order chi connectivity index (χ0) is 11.3. The lowest BCUT2D eigenvalue weighted by Crippen LogP contribution is -2.23. The number of anilines is 1. The number of ether oxygens (including phenoxy) is 1. The van der Waals surface area contributed by atoms with Gasteiger partial charge in [-0.15, -0.1) is 0 Å². The highest BCUT2D eigenvalue weighted by molar-refractivity contribution is 6.31. The number of aliphatic hydroxyl groups is 1. The molecule has 0 fully saturated rings. The van der Waals surface area contributed by atoms with Crippen LogP contribution in [0.25, 0.3) is 0 Å². The first-order chi connectivity index (χ1) is 7.20. The van der Waals surface area contributed by atoms with E-state index in [0.717, 1.165) is 17.8 Å². The van der Waals surface area contributed by atoms with Crippen molar-refractivity contribution in [3.8, 4) is 0 Å². The molecule has 0 atom stereocenters.